The van der Waals surface area contributed by atoms with Gasteiger partial charge >= 0.3 is 0 Å². The maximum absolute atomic E-state index is 12.7. The first-order chi connectivity index (χ1) is 11.7. The molecule has 3 aliphatic rings. The lowest BCUT2D eigenvalue weighted by Crippen LogP contribution is -2.48. The fourth-order valence-corrected chi connectivity index (χ4v) is 4.22. The highest BCUT2D eigenvalue weighted by atomic mass is 16.5. The van der Waals surface area contributed by atoms with Gasteiger partial charge in [-0.1, -0.05) is 0 Å². The highest BCUT2D eigenvalue weighted by molar-refractivity contribution is 5.82. The maximum atomic E-state index is 12.7. The SMILES string of the molecule is CO[C@H]1C[C@@H](C(=O)N2CCC(OCCN3CCCC3)CC2)N(C)C1. The number of likely N-dealkylation sites (tertiary alicyclic amines) is 3. The van der Waals surface area contributed by atoms with Gasteiger partial charge in [-0.25, -0.2) is 0 Å². The Hall–Kier alpha value is -0.690. The van der Waals surface area contributed by atoms with Gasteiger partial charge in [0.2, 0.25) is 5.91 Å². The Morgan fingerprint density at radius 2 is 1.79 bits per heavy atom. The number of piperidine rings is 1. The standard InChI is InChI=1S/C18H33N3O3/c1-19-14-16(23-2)13-17(19)18(22)21-9-5-15(6-10-21)24-12-11-20-7-3-4-8-20/h15-17H,3-14H2,1-2H3/t16-,17-/m0/s1. The molecule has 0 saturated carbocycles. The molecule has 0 unspecified atom stereocenters. The minimum absolute atomic E-state index is 0.0115. The molecule has 0 aromatic rings. The van der Waals surface area contributed by atoms with Crippen LogP contribution >= 0.6 is 0 Å². The second-order valence-electron chi connectivity index (χ2n) is 7.49. The van der Waals surface area contributed by atoms with Crippen LogP contribution < -0.4 is 0 Å². The van der Waals surface area contributed by atoms with Crippen molar-refractivity contribution in [1.29, 1.82) is 0 Å². The minimum atomic E-state index is -0.0115. The summed E-state index contributed by atoms with van der Waals surface area (Å²) in [4.78, 5) is 19.4. The number of nitrogens with zero attached hydrogens (tertiary/aromatic N) is 3. The molecule has 3 fully saturated rings. The van der Waals surface area contributed by atoms with Crippen LogP contribution in [0.15, 0.2) is 0 Å². The fraction of sp³-hybridized carbons (Fsp3) is 0.944. The summed E-state index contributed by atoms with van der Waals surface area (Å²) in [6.07, 6.45) is 5.93. The van der Waals surface area contributed by atoms with Crippen molar-refractivity contribution in [3.8, 4) is 0 Å². The Morgan fingerprint density at radius 3 is 2.42 bits per heavy atom. The third-order valence-corrected chi connectivity index (χ3v) is 5.84. The van der Waals surface area contributed by atoms with Gasteiger partial charge in [-0.15, -0.1) is 0 Å². The van der Waals surface area contributed by atoms with Crippen LogP contribution in [0.5, 0.6) is 0 Å². The first-order valence-electron chi connectivity index (χ1n) is 9.53. The van der Waals surface area contributed by atoms with Crippen molar-refractivity contribution >= 4 is 5.91 Å². The van der Waals surface area contributed by atoms with Gasteiger partial charge < -0.3 is 19.3 Å². The van der Waals surface area contributed by atoms with E-state index in [0.29, 0.717) is 6.10 Å². The van der Waals surface area contributed by atoms with Gasteiger partial charge in [-0.3, -0.25) is 9.69 Å². The van der Waals surface area contributed by atoms with Gasteiger partial charge in [0.05, 0.1) is 24.9 Å². The molecular formula is C18H33N3O3. The number of carbonyl (C=O) groups excluding carboxylic acids is 1. The van der Waals surface area contributed by atoms with E-state index in [1.165, 1.54) is 25.9 Å². The van der Waals surface area contributed by atoms with E-state index >= 15 is 0 Å². The first kappa shape index (κ1) is 18.1. The molecule has 24 heavy (non-hydrogen) atoms. The van der Waals surface area contributed by atoms with Crippen LogP contribution in [0.3, 0.4) is 0 Å². The van der Waals surface area contributed by atoms with Crippen LogP contribution in [0, 0.1) is 0 Å². The van der Waals surface area contributed by atoms with Gasteiger partial charge in [0.25, 0.3) is 0 Å². The molecule has 1 amide bonds. The van der Waals surface area contributed by atoms with Gasteiger partial charge in [0.15, 0.2) is 0 Å². The van der Waals surface area contributed by atoms with E-state index in [9.17, 15) is 4.79 Å². The van der Waals surface area contributed by atoms with Crippen LogP contribution in [-0.4, -0.2) is 98.9 Å². The van der Waals surface area contributed by atoms with Crippen LogP contribution in [0.1, 0.15) is 32.1 Å². The van der Waals surface area contributed by atoms with Crippen LogP contribution in [0.2, 0.25) is 0 Å². The number of methoxy groups -OCH3 is 1. The molecule has 0 N–H and O–H groups in total. The molecule has 0 aromatic carbocycles. The molecule has 138 valence electrons. The van der Waals surface area contributed by atoms with Crippen molar-refractivity contribution < 1.29 is 14.3 Å². The van der Waals surface area contributed by atoms with Crippen molar-refractivity contribution in [1.82, 2.24) is 14.7 Å². The molecule has 3 aliphatic heterocycles. The topological polar surface area (TPSA) is 45.2 Å². The first-order valence-corrected chi connectivity index (χ1v) is 9.53. The van der Waals surface area contributed by atoms with Gasteiger partial charge in [0.1, 0.15) is 0 Å². The summed E-state index contributed by atoms with van der Waals surface area (Å²) in [7, 11) is 3.76. The second kappa shape index (κ2) is 8.61. The van der Waals surface area contributed by atoms with E-state index in [1.54, 1.807) is 7.11 Å². The summed E-state index contributed by atoms with van der Waals surface area (Å²) < 4.78 is 11.5. The van der Waals surface area contributed by atoms with Crippen LogP contribution in [-0.2, 0) is 14.3 Å². The van der Waals surface area contributed by atoms with E-state index < -0.39 is 0 Å². The Labute approximate surface area is 146 Å². The zero-order valence-corrected chi connectivity index (χ0v) is 15.3. The molecule has 6 heteroatoms. The fourth-order valence-electron chi connectivity index (χ4n) is 4.22. The third-order valence-electron chi connectivity index (χ3n) is 5.84. The van der Waals surface area contributed by atoms with Crippen molar-refractivity contribution in [2.75, 3.05) is 60.0 Å². The molecule has 0 spiro atoms. The molecule has 6 nitrogen and oxygen atoms in total. The summed E-state index contributed by atoms with van der Waals surface area (Å²) in [5.41, 5.74) is 0. The van der Waals surface area contributed by atoms with Gasteiger partial charge in [0, 0.05) is 33.3 Å². The Kier molecular flexibility index (Phi) is 6.49. The predicted molar refractivity (Wildman–Crippen MR) is 93.1 cm³/mol. The van der Waals surface area contributed by atoms with E-state index in [1.807, 2.05) is 11.9 Å². The smallest absolute Gasteiger partial charge is 0.240 e. The number of ether oxygens (including phenoxy) is 2. The molecule has 0 aliphatic carbocycles. The summed E-state index contributed by atoms with van der Waals surface area (Å²) in [6, 6.07) is -0.0115. The van der Waals surface area contributed by atoms with E-state index in [2.05, 4.69) is 9.80 Å². The normalized spacial score (nSPS) is 30.3. The van der Waals surface area contributed by atoms with Gasteiger partial charge in [-0.2, -0.15) is 0 Å². The van der Waals surface area contributed by atoms with Crippen molar-refractivity contribution in [2.24, 2.45) is 0 Å². The van der Waals surface area contributed by atoms with Crippen molar-refractivity contribution in [2.45, 2.75) is 50.4 Å². The number of hydrogen-bond acceptors (Lipinski definition) is 5. The second-order valence-corrected chi connectivity index (χ2v) is 7.49. The number of carbonyl (C=O) groups is 1. The van der Waals surface area contributed by atoms with E-state index in [0.717, 1.165) is 52.0 Å². The molecule has 3 heterocycles. The molecule has 0 radical (unpaired) electrons. The quantitative estimate of drug-likeness (QED) is 0.717. The number of hydrogen-bond donors (Lipinski definition) is 0. The molecule has 0 bridgehead atoms. The Morgan fingerprint density at radius 1 is 1.08 bits per heavy atom. The molecule has 2 atom stereocenters. The molecule has 3 rings (SSSR count). The maximum Gasteiger partial charge on any atom is 0.240 e. The summed E-state index contributed by atoms with van der Waals surface area (Å²) in [5, 5.41) is 0. The van der Waals surface area contributed by atoms with Crippen LogP contribution in [0.4, 0.5) is 0 Å². The highest BCUT2D eigenvalue weighted by Crippen LogP contribution is 2.22. The summed E-state index contributed by atoms with van der Waals surface area (Å²) in [6.45, 7) is 6.86. The third kappa shape index (κ3) is 4.48. The van der Waals surface area contributed by atoms with Crippen molar-refractivity contribution in [3.05, 3.63) is 0 Å². The summed E-state index contributed by atoms with van der Waals surface area (Å²) in [5.74, 6) is 0.271. The minimum Gasteiger partial charge on any atom is -0.380 e. The van der Waals surface area contributed by atoms with E-state index in [-0.39, 0.29) is 18.1 Å². The average Bonchev–Trinajstić information content (AvgIpc) is 3.24. The lowest BCUT2D eigenvalue weighted by molar-refractivity contribution is -0.138. The highest BCUT2D eigenvalue weighted by Gasteiger charge is 2.37. The number of likely N-dealkylation sites (N-methyl/N-ethyl adjacent to an activating group) is 1. The predicted octanol–water partition coefficient (Wildman–Crippen LogP) is 0.809. The lowest BCUT2D eigenvalue weighted by atomic mass is 10.1. The zero-order chi connectivity index (χ0) is 16.9. The molecule has 3 saturated heterocycles. The number of rotatable bonds is 6. The lowest BCUT2D eigenvalue weighted by Gasteiger charge is -2.34. The Bertz CT molecular complexity index is 406. The zero-order valence-electron chi connectivity index (χ0n) is 15.3. The number of amides is 1. The van der Waals surface area contributed by atoms with Gasteiger partial charge in [-0.05, 0) is 52.2 Å². The molecular weight excluding hydrogens is 306 g/mol. The monoisotopic (exact) mass is 339 g/mol. The van der Waals surface area contributed by atoms with Crippen LogP contribution in [0.25, 0.3) is 0 Å². The Balaban J connectivity index is 1.36. The molecule has 0 aromatic heterocycles. The van der Waals surface area contributed by atoms with E-state index in [4.69, 9.17) is 9.47 Å². The summed E-state index contributed by atoms with van der Waals surface area (Å²) >= 11 is 0. The van der Waals surface area contributed by atoms with Crippen molar-refractivity contribution in [3.63, 3.8) is 0 Å². The average molecular weight is 339 g/mol. The largest absolute Gasteiger partial charge is 0.380 e.